The smallest absolute Gasteiger partial charge is 0.462 e. The fourth-order valence-electron chi connectivity index (χ4n) is 11.2. The van der Waals surface area contributed by atoms with Gasteiger partial charge >= 0.3 is 39.5 Å². The molecule has 0 saturated carbocycles. The summed E-state index contributed by atoms with van der Waals surface area (Å²) in [5.41, 5.74) is 0. The third-order valence-corrected chi connectivity index (χ3v) is 19.4. The number of hydrogen-bond donors (Lipinski definition) is 3. The van der Waals surface area contributed by atoms with Crippen LogP contribution in [0.4, 0.5) is 0 Å². The van der Waals surface area contributed by atoms with Crippen molar-refractivity contribution in [2.45, 2.75) is 394 Å². The van der Waals surface area contributed by atoms with Crippen LogP contribution >= 0.6 is 15.6 Å². The van der Waals surface area contributed by atoms with E-state index in [2.05, 4.69) is 48.5 Å². The van der Waals surface area contributed by atoms with Crippen LogP contribution in [0.3, 0.4) is 0 Å². The van der Waals surface area contributed by atoms with Crippen molar-refractivity contribution in [1.29, 1.82) is 0 Å². The molecule has 19 heteroatoms. The van der Waals surface area contributed by atoms with Crippen LogP contribution in [-0.4, -0.2) is 96.7 Å². The number of carbonyl (C=O) groups is 4. The summed E-state index contributed by atoms with van der Waals surface area (Å²) < 4.78 is 68.4. The lowest BCUT2D eigenvalue weighted by Crippen LogP contribution is -2.30. The van der Waals surface area contributed by atoms with Crippen LogP contribution in [0, 0.1) is 17.8 Å². The van der Waals surface area contributed by atoms with Gasteiger partial charge < -0.3 is 33.8 Å². The van der Waals surface area contributed by atoms with E-state index in [0.717, 1.165) is 108 Å². The Morgan fingerprint density at radius 2 is 0.548 bits per heavy atom. The molecule has 0 aromatic rings. The van der Waals surface area contributed by atoms with Gasteiger partial charge in [0.2, 0.25) is 0 Å². The van der Waals surface area contributed by atoms with Crippen LogP contribution in [0.2, 0.25) is 0 Å². The molecule has 552 valence electrons. The van der Waals surface area contributed by atoms with Crippen LogP contribution < -0.4 is 0 Å². The average molecular weight is 1370 g/mol. The van der Waals surface area contributed by atoms with E-state index in [1.165, 1.54) is 186 Å². The van der Waals surface area contributed by atoms with Gasteiger partial charge in [-0.15, -0.1) is 0 Å². The Morgan fingerprint density at radius 1 is 0.312 bits per heavy atom. The van der Waals surface area contributed by atoms with Crippen LogP contribution in [0.15, 0.2) is 0 Å². The summed E-state index contributed by atoms with van der Waals surface area (Å²) in [5.74, 6) is 0.202. The molecule has 0 aromatic carbocycles. The van der Waals surface area contributed by atoms with Crippen LogP contribution in [0.1, 0.15) is 376 Å². The lowest BCUT2D eigenvalue weighted by atomic mass is 9.99. The summed E-state index contributed by atoms with van der Waals surface area (Å²) in [4.78, 5) is 72.7. The van der Waals surface area contributed by atoms with Gasteiger partial charge in [-0.3, -0.25) is 37.3 Å². The Bertz CT molecular complexity index is 1820. The summed E-state index contributed by atoms with van der Waals surface area (Å²) in [5, 5.41) is 10.6. The van der Waals surface area contributed by atoms with Crippen molar-refractivity contribution in [1.82, 2.24) is 0 Å². The molecule has 0 rings (SSSR count). The van der Waals surface area contributed by atoms with Gasteiger partial charge in [0.15, 0.2) is 12.2 Å². The molecule has 6 atom stereocenters. The quantitative estimate of drug-likeness (QED) is 0.0222. The topological polar surface area (TPSA) is 237 Å². The van der Waals surface area contributed by atoms with Gasteiger partial charge in [0.05, 0.1) is 26.4 Å². The van der Waals surface area contributed by atoms with Crippen molar-refractivity contribution in [3.8, 4) is 0 Å². The summed E-state index contributed by atoms with van der Waals surface area (Å²) >= 11 is 0. The molecule has 0 heterocycles. The Labute approximate surface area is 568 Å². The molecular weight excluding hydrogens is 1220 g/mol. The van der Waals surface area contributed by atoms with E-state index in [1.54, 1.807) is 0 Å². The Hall–Kier alpha value is -1.94. The van der Waals surface area contributed by atoms with Crippen molar-refractivity contribution in [2.75, 3.05) is 39.6 Å². The molecule has 0 bridgehead atoms. The van der Waals surface area contributed by atoms with E-state index in [9.17, 15) is 43.2 Å². The standard InChI is InChI=1S/C74H144O17P2/c1-8-10-11-12-13-14-19-26-34-41-48-55-71(76)84-62-70(91-74(79)58-51-44-37-30-29-32-39-46-53-66(5)6)64-89-93(82,83)87-60-68(75)59-86-92(80,81)88-63-69(61-85-72(77)56-49-42-35-27-23-22-25-33-40-47-54-67(7)9-2)90-73(78)57-50-43-36-28-21-18-16-15-17-20-24-31-38-45-52-65(3)4/h65-70,75H,8-64H2,1-7H3,(H,80,81)(H,82,83)/t67?,68-,69-,70-/m1/s1. The number of carbonyl (C=O) groups excluding carboxylic acids is 4. The third-order valence-electron chi connectivity index (χ3n) is 17.5. The molecule has 0 aliphatic carbocycles. The van der Waals surface area contributed by atoms with E-state index in [-0.39, 0.29) is 25.7 Å². The number of rotatable bonds is 72. The molecule has 0 saturated heterocycles. The molecule has 3 unspecified atom stereocenters. The van der Waals surface area contributed by atoms with Gasteiger partial charge in [-0.05, 0) is 43.4 Å². The zero-order valence-corrected chi connectivity index (χ0v) is 62.5. The van der Waals surface area contributed by atoms with Crippen molar-refractivity contribution >= 4 is 39.5 Å². The molecule has 3 N–H and O–H groups in total. The van der Waals surface area contributed by atoms with Gasteiger partial charge in [-0.1, -0.05) is 325 Å². The summed E-state index contributed by atoms with van der Waals surface area (Å²) in [6.45, 7) is 11.9. The highest BCUT2D eigenvalue weighted by Crippen LogP contribution is 2.45. The fourth-order valence-corrected chi connectivity index (χ4v) is 12.8. The second kappa shape index (κ2) is 64.7. The van der Waals surface area contributed by atoms with Crippen molar-refractivity contribution in [3.63, 3.8) is 0 Å². The minimum atomic E-state index is -4.96. The van der Waals surface area contributed by atoms with Gasteiger partial charge in [0.1, 0.15) is 19.3 Å². The van der Waals surface area contributed by atoms with E-state index in [1.807, 2.05) is 0 Å². The SMILES string of the molecule is CCCCCCCCCCCCCC(=O)OC[C@H](COP(=O)(O)OC[C@H](O)COP(=O)(O)OC[C@@H](COC(=O)CCCCCCCCCCCCC(C)CC)OC(=O)CCCCCCCCCCCCCCCCC(C)C)OC(=O)CCCCCCCCCCC(C)C. The maximum absolute atomic E-state index is 13.1. The number of aliphatic hydroxyl groups is 1. The van der Waals surface area contributed by atoms with Crippen molar-refractivity contribution < 1.29 is 80.2 Å². The van der Waals surface area contributed by atoms with Crippen molar-refractivity contribution in [2.24, 2.45) is 17.8 Å². The van der Waals surface area contributed by atoms with Gasteiger partial charge in [-0.2, -0.15) is 0 Å². The molecule has 93 heavy (non-hydrogen) atoms. The third kappa shape index (κ3) is 67.0. The zero-order valence-electron chi connectivity index (χ0n) is 60.7. The molecule has 0 radical (unpaired) electrons. The Balaban J connectivity index is 5.25. The van der Waals surface area contributed by atoms with Crippen LogP contribution in [0.25, 0.3) is 0 Å². The van der Waals surface area contributed by atoms with Gasteiger partial charge in [0.25, 0.3) is 0 Å². The Morgan fingerprint density at radius 3 is 0.817 bits per heavy atom. The second-order valence-corrected chi connectivity index (χ2v) is 30.8. The van der Waals surface area contributed by atoms with Gasteiger partial charge in [-0.25, -0.2) is 9.13 Å². The zero-order chi connectivity index (χ0) is 68.7. The van der Waals surface area contributed by atoms with E-state index >= 15 is 0 Å². The number of aliphatic hydroxyl groups excluding tert-OH is 1. The highest BCUT2D eigenvalue weighted by Gasteiger charge is 2.30. The maximum atomic E-state index is 13.1. The predicted molar refractivity (Wildman–Crippen MR) is 377 cm³/mol. The number of unbranched alkanes of at least 4 members (excludes halogenated alkanes) is 39. The summed E-state index contributed by atoms with van der Waals surface area (Å²) in [6, 6.07) is 0. The number of phosphoric acid groups is 2. The molecular formula is C74H144O17P2. The van der Waals surface area contributed by atoms with Crippen LogP contribution in [0.5, 0.6) is 0 Å². The molecule has 0 aromatic heterocycles. The first kappa shape index (κ1) is 91.1. The van der Waals surface area contributed by atoms with E-state index in [4.69, 9.17) is 37.0 Å². The molecule has 0 amide bonds. The van der Waals surface area contributed by atoms with E-state index in [0.29, 0.717) is 25.7 Å². The minimum absolute atomic E-state index is 0.105. The first-order valence-electron chi connectivity index (χ1n) is 38.4. The monoisotopic (exact) mass is 1370 g/mol. The lowest BCUT2D eigenvalue weighted by molar-refractivity contribution is -0.161. The molecule has 0 aliphatic heterocycles. The number of esters is 4. The van der Waals surface area contributed by atoms with Gasteiger partial charge in [0, 0.05) is 25.7 Å². The highest BCUT2D eigenvalue weighted by molar-refractivity contribution is 7.47. The number of hydrogen-bond acceptors (Lipinski definition) is 15. The first-order valence-corrected chi connectivity index (χ1v) is 41.4. The number of ether oxygens (including phenoxy) is 4. The number of phosphoric ester groups is 2. The second-order valence-electron chi connectivity index (χ2n) is 27.9. The highest BCUT2D eigenvalue weighted by atomic mass is 31.2. The molecule has 17 nitrogen and oxygen atoms in total. The molecule has 0 spiro atoms. The van der Waals surface area contributed by atoms with E-state index < -0.39 is 97.5 Å². The summed E-state index contributed by atoms with van der Waals surface area (Å²) in [6.07, 6.45) is 49.8. The van der Waals surface area contributed by atoms with Crippen LogP contribution in [-0.2, 0) is 65.4 Å². The van der Waals surface area contributed by atoms with Crippen molar-refractivity contribution in [3.05, 3.63) is 0 Å². The predicted octanol–water partition coefficient (Wildman–Crippen LogP) is 21.4. The first-order chi connectivity index (χ1) is 44.8. The normalized spacial score (nSPS) is 14.4. The molecule has 0 fully saturated rings. The lowest BCUT2D eigenvalue weighted by Gasteiger charge is -2.21. The maximum Gasteiger partial charge on any atom is 0.472 e. The molecule has 0 aliphatic rings. The summed E-state index contributed by atoms with van der Waals surface area (Å²) in [7, 11) is -9.91. The Kier molecular flexibility index (Phi) is 63.4. The minimum Gasteiger partial charge on any atom is -0.462 e. The average Bonchev–Trinajstić information content (AvgIpc) is 1.92. The largest absolute Gasteiger partial charge is 0.472 e. The fraction of sp³-hybridized carbons (Fsp3) is 0.946.